The highest BCUT2D eigenvalue weighted by molar-refractivity contribution is 8.23. The molecule has 0 atom stereocenters. The van der Waals surface area contributed by atoms with Crippen molar-refractivity contribution in [3.05, 3.63) is 29.8 Å². The number of fused-ring (bicyclic) bond motifs is 1. The van der Waals surface area contributed by atoms with E-state index in [0.29, 0.717) is 30.6 Å². The van der Waals surface area contributed by atoms with Crippen molar-refractivity contribution in [2.24, 2.45) is 0 Å². The van der Waals surface area contributed by atoms with Gasteiger partial charge in [0.25, 0.3) is 15.9 Å². The fourth-order valence-electron chi connectivity index (χ4n) is 2.31. The van der Waals surface area contributed by atoms with Crippen LogP contribution in [0.5, 0.6) is 0 Å². The molecule has 1 aromatic rings. The van der Waals surface area contributed by atoms with Crippen LogP contribution in [0.15, 0.2) is 29.2 Å². The van der Waals surface area contributed by atoms with E-state index in [1.54, 1.807) is 12.1 Å². The first-order valence-corrected chi connectivity index (χ1v) is 9.51. The summed E-state index contributed by atoms with van der Waals surface area (Å²) in [7, 11) is -3.76. The molecule has 6 nitrogen and oxygen atoms in total. The van der Waals surface area contributed by atoms with Crippen LogP contribution in [-0.4, -0.2) is 60.0 Å². The zero-order chi connectivity index (χ0) is 15.7. The van der Waals surface area contributed by atoms with Gasteiger partial charge in [0.1, 0.15) is 9.22 Å². The van der Waals surface area contributed by atoms with Gasteiger partial charge in [0.2, 0.25) is 0 Å². The van der Waals surface area contributed by atoms with Gasteiger partial charge in [-0.3, -0.25) is 4.79 Å². The highest BCUT2D eigenvalue weighted by Gasteiger charge is 2.40. The van der Waals surface area contributed by atoms with Crippen LogP contribution in [0.2, 0.25) is 0 Å². The smallest absolute Gasteiger partial charge is 0.269 e. The van der Waals surface area contributed by atoms with Gasteiger partial charge in [-0.15, -0.1) is 0 Å². The zero-order valence-corrected chi connectivity index (χ0v) is 14.0. The van der Waals surface area contributed by atoms with E-state index in [9.17, 15) is 13.2 Å². The van der Waals surface area contributed by atoms with Gasteiger partial charge in [-0.05, 0) is 12.1 Å². The average molecular weight is 358 g/mol. The summed E-state index contributed by atoms with van der Waals surface area (Å²) in [5.74, 6) is -0.501. The van der Waals surface area contributed by atoms with Crippen molar-refractivity contribution in [3.63, 3.8) is 0 Å². The molecule has 2 aliphatic rings. The van der Waals surface area contributed by atoms with Gasteiger partial charge in [-0.25, -0.2) is 12.7 Å². The van der Waals surface area contributed by atoms with E-state index in [1.165, 1.54) is 23.9 Å². The molecule has 9 heteroatoms. The second-order valence-corrected chi connectivity index (χ2v) is 8.20. The highest BCUT2D eigenvalue weighted by atomic mass is 32.2. The molecule has 118 valence electrons. The summed E-state index contributed by atoms with van der Waals surface area (Å²) in [5.41, 5.74) is 0.223. The van der Waals surface area contributed by atoms with E-state index in [4.69, 9.17) is 17.0 Å². The molecular formula is C13H14N2O4S3. The van der Waals surface area contributed by atoms with Crippen LogP contribution in [-0.2, 0) is 14.8 Å². The van der Waals surface area contributed by atoms with Crippen LogP contribution in [0, 0.1) is 0 Å². The number of hydrogen-bond acceptors (Lipinski definition) is 6. The summed E-state index contributed by atoms with van der Waals surface area (Å²) >= 11 is 6.49. The van der Waals surface area contributed by atoms with Crippen molar-refractivity contribution in [2.75, 3.05) is 32.2 Å². The van der Waals surface area contributed by atoms with E-state index in [2.05, 4.69) is 0 Å². The Balaban J connectivity index is 1.71. The maximum absolute atomic E-state index is 12.4. The number of benzene rings is 1. The molecule has 0 saturated carbocycles. The molecule has 3 rings (SSSR count). The van der Waals surface area contributed by atoms with Crippen LogP contribution in [0.4, 0.5) is 0 Å². The maximum Gasteiger partial charge on any atom is 0.269 e. The van der Waals surface area contributed by atoms with Crippen molar-refractivity contribution in [3.8, 4) is 0 Å². The molecular weight excluding hydrogens is 344 g/mol. The lowest BCUT2D eigenvalue weighted by Gasteiger charge is -2.29. The number of sulfonamides is 1. The minimum Gasteiger partial charge on any atom is -0.378 e. The van der Waals surface area contributed by atoms with Crippen LogP contribution in [0.1, 0.15) is 10.4 Å². The lowest BCUT2D eigenvalue weighted by atomic mass is 10.2. The normalized spacial score (nSPS) is 20.1. The molecule has 0 N–H and O–H groups in total. The second-order valence-electron chi connectivity index (χ2n) is 4.79. The molecule has 2 heterocycles. The van der Waals surface area contributed by atoms with Gasteiger partial charge in [0.15, 0.2) is 0 Å². The van der Waals surface area contributed by atoms with E-state index < -0.39 is 15.9 Å². The van der Waals surface area contributed by atoms with Crippen molar-refractivity contribution >= 4 is 44.2 Å². The fourth-order valence-corrected chi connectivity index (χ4v) is 5.31. The Morgan fingerprint density at radius 2 is 1.95 bits per heavy atom. The Kier molecular flexibility index (Phi) is 4.40. The SMILES string of the molecule is O=C1c2ccccc2S(=O)(=O)N1CSC(=S)N1CCOCC1. The molecule has 0 unspecified atom stereocenters. The Labute approximate surface area is 138 Å². The van der Waals surface area contributed by atoms with Crippen molar-refractivity contribution < 1.29 is 17.9 Å². The first kappa shape index (κ1) is 15.7. The zero-order valence-electron chi connectivity index (χ0n) is 11.6. The van der Waals surface area contributed by atoms with E-state index in [1.807, 2.05) is 4.90 Å². The largest absolute Gasteiger partial charge is 0.378 e. The molecule has 0 bridgehead atoms. The Morgan fingerprint density at radius 1 is 1.27 bits per heavy atom. The average Bonchev–Trinajstić information content (AvgIpc) is 2.73. The van der Waals surface area contributed by atoms with Gasteiger partial charge in [0.05, 0.1) is 24.7 Å². The number of carbonyl (C=O) groups excluding carboxylic acids is 1. The maximum atomic E-state index is 12.4. The topological polar surface area (TPSA) is 66.9 Å². The quantitative estimate of drug-likeness (QED) is 0.735. The van der Waals surface area contributed by atoms with Crippen LogP contribution in [0.3, 0.4) is 0 Å². The Morgan fingerprint density at radius 3 is 2.64 bits per heavy atom. The summed E-state index contributed by atoms with van der Waals surface area (Å²) < 4.78 is 31.5. The molecule has 2 aliphatic heterocycles. The summed E-state index contributed by atoms with van der Waals surface area (Å²) in [5, 5.41) is 0. The third-order valence-electron chi connectivity index (χ3n) is 3.49. The van der Waals surface area contributed by atoms with Crippen LogP contribution in [0.25, 0.3) is 0 Å². The number of thioether (sulfide) groups is 1. The first-order chi connectivity index (χ1) is 10.5. The number of ether oxygens (including phenoxy) is 1. The molecule has 1 aromatic carbocycles. The van der Waals surface area contributed by atoms with E-state index >= 15 is 0 Å². The lowest BCUT2D eigenvalue weighted by molar-refractivity contribution is 0.0702. The predicted octanol–water partition coefficient (Wildman–Crippen LogP) is 1.14. The molecule has 0 aliphatic carbocycles. The number of thiocarbonyl (C=S) groups is 1. The number of carbonyl (C=O) groups is 1. The molecule has 22 heavy (non-hydrogen) atoms. The summed E-state index contributed by atoms with van der Waals surface area (Å²) in [4.78, 5) is 14.3. The first-order valence-electron chi connectivity index (χ1n) is 6.67. The minimum absolute atomic E-state index is 0.00790. The summed E-state index contributed by atoms with van der Waals surface area (Å²) in [6.45, 7) is 2.58. The number of amides is 1. The highest BCUT2D eigenvalue weighted by Crippen LogP contribution is 2.31. The predicted molar refractivity (Wildman–Crippen MR) is 87.2 cm³/mol. The van der Waals surface area contributed by atoms with Crippen LogP contribution < -0.4 is 0 Å². The Hall–Kier alpha value is -1.16. The van der Waals surface area contributed by atoms with Crippen molar-refractivity contribution in [1.29, 1.82) is 0 Å². The summed E-state index contributed by atoms with van der Waals surface area (Å²) in [6, 6.07) is 6.24. The molecule has 1 fully saturated rings. The number of nitrogens with zero attached hydrogens (tertiary/aromatic N) is 2. The third kappa shape index (κ3) is 2.73. The molecule has 0 aromatic heterocycles. The van der Waals surface area contributed by atoms with E-state index in [-0.39, 0.29) is 16.3 Å². The van der Waals surface area contributed by atoms with Gasteiger partial charge >= 0.3 is 0 Å². The standard InChI is InChI=1S/C13H14N2O4S3/c16-12-10-3-1-2-4-11(10)22(17,18)15(12)9-21-13(20)14-5-7-19-8-6-14/h1-4H,5-9H2. The Bertz CT molecular complexity index is 714. The second kappa shape index (κ2) is 6.15. The summed E-state index contributed by atoms with van der Waals surface area (Å²) in [6.07, 6.45) is 0. The lowest BCUT2D eigenvalue weighted by Crippen LogP contribution is -2.39. The molecule has 1 saturated heterocycles. The molecule has 0 radical (unpaired) electrons. The fraction of sp³-hybridized carbons (Fsp3) is 0.385. The van der Waals surface area contributed by atoms with Crippen LogP contribution >= 0.6 is 24.0 Å². The van der Waals surface area contributed by atoms with Crippen molar-refractivity contribution in [2.45, 2.75) is 4.90 Å². The van der Waals surface area contributed by atoms with Crippen molar-refractivity contribution in [1.82, 2.24) is 9.21 Å². The number of rotatable bonds is 2. The molecule has 0 spiro atoms. The van der Waals surface area contributed by atoms with Gasteiger partial charge in [-0.2, -0.15) is 0 Å². The van der Waals surface area contributed by atoms with E-state index in [0.717, 1.165) is 4.31 Å². The number of hydrogen-bond donors (Lipinski definition) is 0. The number of morpholine rings is 1. The monoisotopic (exact) mass is 358 g/mol. The van der Waals surface area contributed by atoms with Gasteiger partial charge in [0, 0.05) is 13.1 Å². The molecule has 1 amide bonds. The third-order valence-corrected chi connectivity index (χ3v) is 6.94. The van der Waals surface area contributed by atoms with Gasteiger partial charge < -0.3 is 9.64 Å². The minimum atomic E-state index is -3.76. The van der Waals surface area contributed by atoms with Gasteiger partial charge in [-0.1, -0.05) is 36.1 Å².